The molecule has 0 saturated carbocycles. The monoisotopic (exact) mass is 186 g/mol. The lowest BCUT2D eigenvalue weighted by atomic mass is 10.3. The molecule has 1 rings (SSSR count). The Morgan fingerprint density at radius 3 is 3.00 bits per heavy atom. The summed E-state index contributed by atoms with van der Waals surface area (Å²) in [5.41, 5.74) is 0.408. The largest absolute Gasteiger partial charge is 0.342 e. The maximum atomic E-state index is 11.4. The van der Waals surface area contributed by atoms with Gasteiger partial charge >= 0.3 is 0 Å². The molecular weight excluding hydrogens is 171 g/mol. The van der Waals surface area contributed by atoms with E-state index in [2.05, 4.69) is 0 Å². The van der Waals surface area contributed by atoms with E-state index in [4.69, 9.17) is 5.16 Å². The van der Waals surface area contributed by atoms with Crippen molar-refractivity contribution in [1.29, 1.82) is 5.16 Å². The Labute approximate surface area is 74.8 Å². The molecule has 1 unspecified atom stereocenters. The third-order valence-corrected chi connectivity index (χ3v) is 2.95. The maximum absolute atomic E-state index is 11.4. The van der Waals surface area contributed by atoms with Gasteiger partial charge in [0.1, 0.15) is 0 Å². The fraction of sp³-hybridized carbons (Fsp3) is 0.875. The molecule has 0 aromatic heterocycles. The van der Waals surface area contributed by atoms with Crippen molar-refractivity contribution < 1.29 is 4.79 Å². The van der Waals surface area contributed by atoms with E-state index in [0.717, 1.165) is 25.9 Å². The van der Waals surface area contributed by atoms with Gasteiger partial charge in [0.05, 0.1) is 0 Å². The molecule has 1 atom stereocenters. The molecule has 1 aliphatic heterocycles. The van der Waals surface area contributed by atoms with Crippen molar-refractivity contribution in [3.63, 3.8) is 0 Å². The van der Waals surface area contributed by atoms with Gasteiger partial charge in [-0.3, -0.25) is 9.96 Å². The second-order valence-corrected chi connectivity index (χ2v) is 4.15. The Kier molecular flexibility index (Phi) is 3.67. The second-order valence-electron chi connectivity index (χ2n) is 3.16. The molecule has 1 amide bonds. The lowest BCUT2D eigenvalue weighted by Gasteiger charge is -2.14. The Hall–Kier alpha value is -0.430. The van der Waals surface area contributed by atoms with Crippen molar-refractivity contribution in [1.82, 2.24) is 4.90 Å². The molecule has 1 aliphatic rings. The van der Waals surface area contributed by atoms with Gasteiger partial charge in [0, 0.05) is 33.5 Å². The molecule has 0 aliphatic carbocycles. The van der Waals surface area contributed by atoms with Crippen LogP contribution < -0.4 is 0 Å². The van der Waals surface area contributed by atoms with Crippen LogP contribution in [0.1, 0.15) is 26.2 Å². The first-order valence-electron chi connectivity index (χ1n) is 4.42. The van der Waals surface area contributed by atoms with E-state index in [0.29, 0.717) is 20.5 Å². The Balaban J connectivity index is 2.35. The van der Waals surface area contributed by atoms with Gasteiger partial charge in [-0.2, -0.15) is 0 Å². The summed E-state index contributed by atoms with van der Waals surface area (Å²) in [6.07, 6.45) is 2.61. The number of carbonyl (C=O) groups excluding carboxylic acids is 1. The highest BCUT2D eigenvalue weighted by Crippen LogP contribution is 2.21. The van der Waals surface area contributed by atoms with Crippen LogP contribution in [0, 0.1) is 5.16 Å². The molecule has 68 valence electrons. The number of hydrogen-bond acceptors (Lipinski definition) is 2. The summed E-state index contributed by atoms with van der Waals surface area (Å²) in [6, 6.07) is 0. The number of nitrogens with one attached hydrogen (secondary N) is 1. The van der Waals surface area contributed by atoms with Crippen molar-refractivity contribution in [3.8, 4) is 0 Å². The van der Waals surface area contributed by atoms with Crippen LogP contribution in [-0.4, -0.2) is 29.6 Å². The summed E-state index contributed by atoms with van der Waals surface area (Å²) in [5, 5.41) is 7.17. The number of hydrogen-bond donors (Lipinski definition) is 1. The molecule has 12 heavy (non-hydrogen) atoms. The smallest absolute Gasteiger partial charge is 0.222 e. The average Bonchev–Trinajstić information content (AvgIpc) is 2.52. The van der Waals surface area contributed by atoms with Gasteiger partial charge in [-0.05, 0) is 12.8 Å². The van der Waals surface area contributed by atoms with Crippen LogP contribution in [0.2, 0.25) is 0 Å². The quantitative estimate of drug-likeness (QED) is 0.674. The zero-order valence-corrected chi connectivity index (χ0v) is 8.31. The van der Waals surface area contributed by atoms with E-state index < -0.39 is 0 Å². The van der Waals surface area contributed by atoms with Crippen LogP contribution in [0.3, 0.4) is 0 Å². The predicted octanol–water partition coefficient (Wildman–Crippen LogP) is 2.10. The minimum Gasteiger partial charge on any atom is -0.342 e. The van der Waals surface area contributed by atoms with Gasteiger partial charge in [0.2, 0.25) is 5.91 Å². The highest BCUT2D eigenvalue weighted by atomic mass is 31.1. The van der Waals surface area contributed by atoms with E-state index in [1.54, 1.807) is 0 Å². The Morgan fingerprint density at radius 2 is 2.50 bits per heavy atom. The Bertz CT molecular complexity index is 184. The number of rotatable bonds is 3. The summed E-state index contributed by atoms with van der Waals surface area (Å²) in [5.74, 6) is 0.267. The summed E-state index contributed by atoms with van der Waals surface area (Å²) in [7, 11) is 0.688. The third-order valence-electron chi connectivity index (χ3n) is 2.16. The van der Waals surface area contributed by atoms with Crippen LogP contribution in [0.5, 0.6) is 0 Å². The van der Waals surface area contributed by atoms with Crippen molar-refractivity contribution in [2.45, 2.75) is 31.8 Å². The van der Waals surface area contributed by atoms with Gasteiger partial charge in [0.25, 0.3) is 0 Å². The molecule has 0 radical (unpaired) electrons. The van der Waals surface area contributed by atoms with E-state index in [9.17, 15) is 4.79 Å². The van der Waals surface area contributed by atoms with Crippen LogP contribution in [0.25, 0.3) is 0 Å². The first kappa shape index (κ1) is 9.66. The van der Waals surface area contributed by atoms with Crippen molar-refractivity contribution in [2.24, 2.45) is 0 Å². The molecule has 0 aromatic rings. The first-order chi connectivity index (χ1) is 5.77. The van der Waals surface area contributed by atoms with Crippen molar-refractivity contribution in [3.05, 3.63) is 0 Å². The minimum absolute atomic E-state index is 0.267. The number of amides is 1. The molecule has 0 bridgehead atoms. The molecule has 0 spiro atoms. The number of nitrogens with zero attached hydrogens (tertiary/aromatic N) is 1. The van der Waals surface area contributed by atoms with Crippen LogP contribution in [0.15, 0.2) is 0 Å². The van der Waals surface area contributed by atoms with Gasteiger partial charge in [-0.1, -0.05) is 6.92 Å². The minimum atomic E-state index is 0.267. The van der Waals surface area contributed by atoms with Crippen LogP contribution in [-0.2, 0) is 4.79 Å². The second kappa shape index (κ2) is 4.56. The summed E-state index contributed by atoms with van der Waals surface area (Å²) < 4.78 is 0. The molecule has 4 heteroatoms. The lowest BCUT2D eigenvalue weighted by molar-refractivity contribution is -0.130. The summed E-state index contributed by atoms with van der Waals surface area (Å²) in [6.45, 7) is 3.70. The zero-order valence-electron chi connectivity index (χ0n) is 7.42. The van der Waals surface area contributed by atoms with Gasteiger partial charge in [0.15, 0.2) is 0 Å². The SMILES string of the molecule is CCCC(=O)N1CCC(P=N)C1. The van der Waals surface area contributed by atoms with Crippen LogP contribution in [0.4, 0.5) is 0 Å². The fourth-order valence-electron chi connectivity index (χ4n) is 1.45. The summed E-state index contributed by atoms with van der Waals surface area (Å²) in [4.78, 5) is 13.3. The lowest BCUT2D eigenvalue weighted by Crippen LogP contribution is -2.28. The molecular formula is C8H15N2OP. The molecule has 1 heterocycles. The molecule has 0 aromatic carbocycles. The van der Waals surface area contributed by atoms with Gasteiger partial charge in [-0.15, -0.1) is 0 Å². The van der Waals surface area contributed by atoms with Gasteiger partial charge < -0.3 is 4.90 Å². The van der Waals surface area contributed by atoms with E-state index >= 15 is 0 Å². The third kappa shape index (κ3) is 2.28. The molecule has 1 saturated heterocycles. The Morgan fingerprint density at radius 1 is 1.75 bits per heavy atom. The number of likely N-dealkylation sites (tertiary alicyclic amines) is 1. The van der Waals surface area contributed by atoms with Crippen LogP contribution >= 0.6 is 8.37 Å². The predicted molar refractivity (Wildman–Crippen MR) is 49.5 cm³/mol. The topological polar surface area (TPSA) is 44.2 Å². The zero-order chi connectivity index (χ0) is 8.97. The van der Waals surface area contributed by atoms with E-state index in [-0.39, 0.29) is 5.91 Å². The highest BCUT2D eigenvalue weighted by molar-refractivity contribution is 7.26. The van der Waals surface area contributed by atoms with Crippen molar-refractivity contribution in [2.75, 3.05) is 13.1 Å². The standard InChI is InChI=1S/C8H15N2OP/c1-2-3-8(11)10-5-4-7(6-10)12-9/h7,9H,2-6H2,1H3. The fourth-order valence-corrected chi connectivity index (χ4v) is 1.97. The van der Waals surface area contributed by atoms with E-state index in [1.807, 2.05) is 11.8 Å². The number of carbonyl (C=O) groups is 1. The summed E-state index contributed by atoms with van der Waals surface area (Å²) >= 11 is 0. The van der Waals surface area contributed by atoms with E-state index in [1.165, 1.54) is 0 Å². The average molecular weight is 186 g/mol. The normalized spacial score (nSPS) is 23.4. The molecule has 3 nitrogen and oxygen atoms in total. The van der Waals surface area contributed by atoms with Crippen molar-refractivity contribution >= 4 is 14.3 Å². The molecule has 1 fully saturated rings. The van der Waals surface area contributed by atoms with Gasteiger partial charge in [-0.25, -0.2) is 0 Å². The maximum Gasteiger partial charge on any atom is 0.222 e. The highest BCUT2D eigenvalue weighted by Gasteiger charge is 2.24. The first-order valence-corrected chi connectivity index (χ1v) is 5.38. The molecule has 1 N–H and O–H groups in total.